The van der Waals surface area contributed by atoms with Crippen molar-refractivity contribution in [3.05, 3.63) is 29.1 Å². The summed E-state index contributed by atoms with van der Waals surface area (Å²) in [7, 11) is 0.803. The van der Waals surface area contributed by atoms with Crippen LogP contribution in [-0.4, -0.2) is 22.9 Å². The SMILES string of the molecule is NC(CSSc1c(F)c(F)c(F)c(F)c1F)C(=O)O. The van der Waals surface area contributed by atoms with Crippen molar-refractivity contribution in [3.63, 3.8) is 0 Å². The number of benzene rings is 1. The molecule has 1 rings (SSSR count). The Bertz CT molecular complexity index is 485. The zero-order valence-corrected chi connectivity index (χ0v) is 10.6. The third-order valence-corrected chi connectivity index (χ3v) is 4.28. The molecule has 0 radical (unpaired) electrons. The zero-order chi connectivity index (χ0) is 14.7. The summed E-state index contributed by atoms with van der Waals surface area (Å²) < 4.78 is 64.7. The zero-order valence-electron chi connectivity index (χ0n) is 8.92. The summed E-state index contributed by atoms with van der Waals surface area (Å²) in [4.78, 5) is 9.28. The van der Waals surface area contributed by atoms with Gasteiger partial charge in [0.25, 0.3) is 0 Å². The van der Waals surface area contributed by atoms with Crippen molar-refractivity contribution in [1.29, 1.82) is 0 Å². The molecule has 106 valence electrons. The smallest absolute Gasteiger partial charge is 0.321 e. The van der Waals surface area contributed by atoms with E-state index in [4.69, 9.17) is 10.8 Å². The van der Waals surface area contributed by atoms with Gasteiger partial charge < -0.3 is 10.8 Å². The quantitative estimate of drug-likeness (QED) is 0.378. The van der Waals surface area contributed by atoms with Crippen molar-refractivity contribution in [2.24, 2.45) is 5.73 Å². The first-order chi connectivity index (χ1) is 8.77. The highest BCUT2D eigenvalue weighted by Gasteiger charge is 2.26. The molecule has 1 unspecified atom stereocenters. The molecule has 0 bridgehead atoms. The van der Waals surface area contributed by atoms with E-state index in [1.54, 1.807) is 0 Å². The van der Waals surface area contributed by atoms with Gasteiger partial charge in [0, 0.05) is 5.75 Å². The number of halogens is 5. The fourth-order valence-corrected chi connectivity index (χ4v) is 3.13. The molecule has 0 saturated heterocycles. The molecular formula is C9H6F5NO2S2. The van der Waals surface area contributed by atoms with Crippen LogP contribution in [0.4, 0.5) is 22.0 Å². The predicted molar refractivity (Wildman–Crippen MR) is 60.2 cm³/mol. The van der Waals surface area contributed by atoms with Crippen molar-refractivity contribution < 1.29 is 31.9 Å². The van der Waals surface area contributed by atoms with Crippen LogP contribution in [0.3, 0.4) is 0 Å². The topological polar surface area (TPSA) is 63.3 Å². The van der Waals surface area contributed by atoms with E-state index in [-0.39, 0.29) is 16.5 Å². The number of aliphatic carboxylic acids is 1. The number of hydrogen-bond acceptors (Lipinski definition) is 4. The Balaban J connectivity index is 2.88. The summed E-state index contributed by atoms with van der Waals surface area (Å²) in [5, 5.41) is 8.45. The van der Waals surface area contributed by atoms with Crippen LogP contribution in [0.25, 0.3) is 0 Å². The second-order valence-corrected chi connectivity index (χ2v) is 5.56. The number of carboxylic acids is 1. The molecule has 0 spiro atoms. The van der Waals surface area contributed by atoms with Gasteiger partial charge in [-0.2, -0.15) is 0 Å². The van der Waals surface area contributed by atoms with Gasteiger partial charge in [-0.1, -0.05) is 21.6 Å². The molecule has 0 aliphatic heterocycles. The fraction of sp³-hybridized carbons (Fsp3) is 0.222. The first-order valence-electron chi connectivity index (χ1n) is 4.56. The lowest BCUT2D eigenvalue weighted by Crippen LogP contribution is -2.32. The third kappa shape index (κ3) is 3.51. The molecule has 1 aromatic rings. The molecule has 3 nitrogen and oxygen atoms in total. The van der Waals surface area contributed by atoms with Crippen LogP contribution < -0.4 is 5.73 Å². The van der Waals surface area contributed by atoms with E-state index in [2.05, 4.69) is 0 Å². The molecule has 0 amide bonds. The van der Waals surface area contributed by atoms with Crippen LogP contribution in [0.2, 0.25) is 0 Å². The van der Waals surface area contributed by atoms with Gasteiger partial charge in [0.2, 0.25) is 5.82 Å². The Morgan fingerprint density at radius 2 is 1.47 bits per heavy atom. The van der Waals surface area contributed by atoms with E-state index in [1.807, 2.05) is 0 Å². The summed E-state index contributed by atoms with van der Waals surface area (Å²) in [6.07, 6.45) is 0. The Hall–Kier alpha value is -1.00. The summed E-state index contributed by atoms with van der Waals surface area (Å²) in [5.74, 6) is -11.9. The van der Waals surface area contributed by atoms with Gasteiger partial charge in [0.15, 0.2) is 23.3 Å². The highest BCUT2D eigenvalue weighted by atomic mass is 33.1. The van der Waals surface area contributed by atoms with Gasteiger partial charge in [0.1, 0.15) is 6.04 Å². The van der Waals surface area contributed by atoms with Crippen molar-refractivity contribution in [2.75, 3.05) is 5.75 Å². The van der Waals surface area contributed by atoms with Gasteiger partial charge in [-0.05, 0) is 0 Å². The van der Waals surface area contributed by atoms with Crippen molar-refractivity contribution >= 4 is 27.6 Å². The molecule has 1 aromatic carbocycles. The number of carboxylic acid groups (broad SMARTS) is 1. The molecule has 1 atom stereocenters. The van der Waals surface area contributed by atoms with Gasteiger partial charge in [-0.3, -0.25) is 4.79 Å². The van der Waals surface area contributed by atoms with Crippen molar-refractivity contribution in [3.8, 4) is 0 Å². The van der Waals surface area contributed by atoms with Crippen LogP contribution in [0.5, 0.6) is 0 Å². The first kappa shape index (κ1) is 16.1. The summed E-state index contributed by atoms with van der Waals surface area (Å²) in [6.45, 7) is 0. The van der Waals surface area contributed by atoms with E-state index >= 15 is 0 Å². The number of rotatable bonds is 5. The summed E-state index contributed by atoms with van der Waals surface area (Å²) in [5.41, 5.74) is 5.11. The standard InChI is InChI=1S/C9H6F5NO2S2/c10-3-4(11)6(13)8(7(14)5(3)12)19-18-1-2(15)9(16)17/h2H,1,15H2,(H,16,17). The minimum Gasteiger partial charge on any atom is -0.480 e. The van der Waals surface area contributed by atoms with E-state index < -0.39 is 46.0 Å². The molecule has 19 heavy (non-hydrogen) atoms. The summed E-state index contributed by atoms with van der Waals surface area (Å²) in [6, 6.07) is -1.31. The van der Waals surface area contributed by atoms with Crippen LogP contribution in [-0.2, 0) is 4.79 Å². The number of nitrogens with two attached hydrogens (primary N) is 1. The average Bonchev–Trinajstić information content (AvgIpc) is 2.37. The van der Waals surface area contributed by atoms with Crippen LogP contribution >= 0.6 is 21.6 Å². The molecule has 0 aromatic heterocycles. The summed E-state index contributed by atoms with van der Waals surface area (Å²) >= 11 is 0. The highest BCUT2D eigenvalue weighted by molar-refractivity contribution is 8.76. The Morgan fingerprint density at radius 3 is 1.89 bits per heavy atom. The predicted octanol–water partition coefficient (Wildman–Crippen LogP) is 2.53. The highest BCUT2D eigenvalue weighted by Crippen LogP contribution is 2.37. The fourth-order valence-electron chi connectivity index (χ4n) is 0.895. The molecule has 10 heteroatoms. The number of carbonyl (C=O) groups is 1. The van der Waals surface area contributed by atoms with Crippen molar-refractivity contribution in [1.82, 2.24) is 0 Å². The molecular weight excluding hydrogens is 313 g/mol. The molecule has 0 heterocycles. The van der Waals surface area contributed by atoms with Gasteiger partial charge in [-0.15, -0.1) is 0 Å². The molecule has 0 aliphatic rings. The van der Waals surface area contributed by atoms with Gasteiger partial charge in [0.05, 0.1) is 4.90 Å². The average molecular weight is 319 g/mol. The Kier molecular flexibility index (Phi) is 5.44. The van der Waals surface area contributed by atoms with E-state index in [9.17, 15) is 26.7 Å². The van der Waals surface area contributed by atoms with E-state index in [0.717, 1.165) is 0 Å². The first-order valence-corrected chi connectivity index (χ1v) is 6.88. The van der Waals surface area contributed by atoms with Gasteiger partial charge >= 0.3 is 5.97 Å². The lowest BCUT2D eigenvalue weighted by molar-refractivity contribution is -0.137. The maximum absolute atomic E-state index is 13.2. The molecule has 0 fully saturated rings. The second-order valence-electron chi connectivity index (χ2n) is 3.21. The maximum atomic E-state index is 13.2. The van der Waals surface area contributed by atoms with Crippen LogP contribution in [0.1, 0.15) is 0 Å². The Morgan fingerprint density at radius 1 is 1.05 bits per heavy atom. The van der Waals surface area contributed by atoms with E-state index in [0.29, 0.717) is 10.8 Å². The van der Waals surface area contributed by atoms with Crippen LogP contribution in [0, 0.1) is 29.1 Å². The largest absolute Gasteiger partial charge is 0.480 e. The van der Waals surface area contributed by atoms with Crippen LogP contribution in [0.15, 0.2) is 4.90 Å². The normalized spacial score (nSPS) is 12.5. The molecule has 0 aliphatic carbocycles. The van der Waals surface area contributed by atoms with Gasteiger partial charge in [-0.25, -0.2) is 22.0 Å². The maximum Gasteiger partial charge on any atom is 0.321 e. The molecule has 0 saturated carbocycles. The number of hydrogen-bond donors (Lipinski definition) is 2. The Labute approximate surface area is 111 Å². The second kappa shape index (κ2) is 6.44. The van der Waals surface area contributed by atoms with E-state index in [1.165, 1.54) is 0 Å². The lowest BCUT2D eigenvalue weighted by Gasteiger charge is -2.08. The van der Waals surface area contributed by atoms with Crippen molar-refractivity contribution in [2.45, 2.75) is 10.9 Å². The monoisotopic (exact) mass is 319 g/mol. The molecule has 3 N–H and O–H groups in total. The third-order valence-electron chi connectivity index (χ3n) is 1.88. The minimum atomic E-state index is -2.24. The minimum absolute atomic E-state index is 0.233. The lowest BCUT2D eigenvalue weighted by atomic mass is 10.3.